The van der Waals surface area contributed by atoms with E-state index < -0.39 is 11.9 Å². The van der Waals surface area contributed by atoms with Gasteiger partial charge in [-0.25, -0.2) is 10.2 Å². The number of halogens is 2. The second-order valence-electron chi connectivity index (χ2n) is 8.01. The number of esters is 1. The standard InChI is InChI=1S/C29H19Cl2N3O3/c30-22-14-6-5-12-20(22)29(36)37-24-16-7-4-11-19(24)17-32-34-28(35)27-25(18-9-2-1-3-10-18)21-13-8-15-23(31)26(21)33-27/h1-17,33H,(H,34,35). The number of carbonyl (C=O) groups excluding carboxylic acids is 2. The summed E-state index contributed by atoms with van der Waals surface area (Å²) in [6, 6.07) is 28.5. The summed E-state index contributed by atoms with van der Waals surface area (Å²) in [7, 11) is 0. The van der Waals surface area contributed by atoms with Crippen molar-refractivity contribution >= 4 is 52.2 Å². The average molecular weight is 528 g/mol. The van der Waals surface area contributed by atoms with Crippen LogP contribution < -0.4 is 10.2 Å². The Labute approximate surface area is 222 Å². The highest BCUT2D eigenvalue weighted by Gasteiger charge is 2.20. The molecule has 2 N–H and O–H groups in total. The minimum absolute atomic E-state index is 0.245. The zero-order valence-corrected chi connectivity index (χ0v) is 20.8. The van der Waals surface area contributed by atoms with Gasteiger partial charge in [-0.1, -0.05) is 89.9 Å². The monoisotopic (exact) mass is 527 g/mol. The number of rotatable bonds is 6. The second-order valence-corrected chi connectivity index (χ2v) is 8.82. The van der Waals surface area contributed by atoms with Crippen molar-refractivity contribution in [3.05, 3.63) is 124 Å². The summed E-state index contributed by atoms with van der Waals surface area (Å²) in [5, 5.41) is 5.73. The van der Waals surface area contributed by atoms with Crippen LogP contribution in [0.4, 0.5) is 0 Å². The van der Waals surface area contributed by atoms with Gasteiger partial charge in [0, 0.05) is 16.5 Å². The van der Waals surface area contributed by atoms with Crippen molar-refractivity contribution in [1.29, 1.82) is 0 Å². The first-order valence-electron chi connectivity index (χ1n) is 11.3. The highest BCUT2D eigenvalue weighted by Crippen LogP contribution is 2.35. The van der Waals surface area contributed by atoms with Crippen molar-refractivity contribution in [3.8, 4) is 16.9 Å². The molecule has 1 heterocycles. The summed E-state index contributed by atoms with van der Waals surface area (Å²) in [6.45, 7) is 0. The molecule has 0 atom stereocenters. The van der Waals surface area contributed by atoms with Gasteiger partial charge in [-0.3, -0.25) is 4.79 Å². The maximum atomic E-state index is 13.2. The summed E-state index contributed by atoms with van der Waals surface area (Å²) >= 11 is 12.5. The van der Waals surface area contributed by atoms with E-state index in [1.165, 1.54) is 6.21 Å². The molecule has 5 aromatic rings. The molecule has 0 aliphatic carbocycles. The molecule has 0 radical (unpaired) electrons. The largest absolute Gasteiger partial charge is 0.422 e. The molecule has 1 amide bonds. The summed E-state index contributed by atoms with van der Waals surface area (Å²) < 4.78 is 5.54. The van der Waals surface area contributed by atoms with Gasteiger partial charge < -0.3 is 9.72 Å². The van der Waals surface area contributed by atoms with Crippen LogP contribution >= 0.6 is 23.2 Å². The van der Waals surface area contributed by atoms with E-state index in [2.05, 4.69) is 15.5 Å². The first-order valence-corrected chi connectivity index (χ1v) is 12.0. The number of aromatic nitrogens is 1. The minimum atomic E-state index is -0.599. The highest BCUT2D eigenvalue weighted by molar-refractivity contribution is 6.36. The lowest BCUT2D eigenvalue weighted by Crippen LogP contribution is -2.19. The number of ether oxygens (including phenoxy) is 1. The molecular weight excluding hydrogens is 509 g/mol. The number of fused-ring (bicyclic) bond motifs is 1. The smallest absolute Gasteiger partial charge is 0.345 e. The number of H-pyrrole nitrogens is 1. The normalized spacial score (nSPS) is 11.1. The topological polar surface area (TPSA) is 83.5 Å². The van der Waals surface area contributed by atoms with E-state index in [1.54, 1.807) is 54.6 Å². The van der Waals surface area contributed by atoms with Gasteiger partial charge in [0.1, 0.15) is 11.4 Å². The zero-order chi connectivity index (χ0) is 25.8. The predicted octanol–water partition coefficient (Wildman–Crippen LogP) is 7.12. The molecule has 0 aliphatic rings. The van der Waals surface area contributed by atoms with Gasteiger partial charge in [0.2, 0.25) is 0 Å². The summed E-state index contributed by atoms with van der Waals surface area (Å²) in [5.74, 6) is -0.779. The van der Waals surface area contributed by atoms with Gasteiger partial charge in [-0.15, -0.1) is 0 Å². The number of nitrogens with zero attached hydrogens (tertiary/aromatic N) is 1. The average Bonchev–Trinajstić information content (AvgIpc) is 3.31. The molecule has 6 nitrogen and oxygen atoms in total. The van der Waals surface area contributed by atoms with Crippen molar-refractivity contribution < 1.29 is 14.3 Å². The van der Waals surface area contributed by atoms with Crippen LogP contribution in [0.2, 0.25) is 10.0 Å². The Morgan fingerprint density at radius 3 is 2.32 bits per heavy atom. The van der Waals surface area contributed by atoms with Crippen LogP contribution in [-0.4, -0.2) is 23.1 Å². The maximum absolute atomic E-state index is 13.2. The van der Waals surface area contributed by atoms with Crippen LogP contribution in [0.1, 0.15) is 26.4 Å². The van der Waals surface area contributed by atoms with E-state index in [0.29, 0.717) is 26.8 Å². The van der Waals surface area contributed by atoms with Crippen LogP contribution in [0, 0.1) is 0 Å². The molecule has 0 aliphatic heterocycles. The number of nitrogens with one attached hydrogen (secondary N) is 2. The molecule has 0 bridgehead atoms. The van der Waals surface area contributed by atoms with Crippen LogP contribution in [0.25, 0.3) is 22.0 Å². The van der Waals surface area contributed by atoms with E-state index in [4.69, 9.17) is 27.9 Å². The molecule has 0 fully saturated rings. The minimum Gasteiger partial charge on any atom is -0.422 e. The Bertz CT molecular complexity index is 1650. The fraction of sp³-hybridized carbons (Fsp3) is 0. The second kappa shape index (κ2) is 10.7. The fourth-order valence-corrected chi connectivity index (χ4v) is 4.37. The SMILES string of the molecule is O=C(Oc1ccccc1C=NNC(=O)c1[nH]c2c(Cl)cccc2c1-c1ccccc1)c1ccccc1Cl. The van der Waals surface area contributed by atoms with E-state index in [9.17, 15) is 9.59 Å². The van der Waals surface area contributed by atoms with Gasteiger partial charge in [-0.2, -0.15) is 5.10 Å². The number of amides is 1. The third-order valence-corrected chi connectivity index (χ3v) is 6.30. The van der Waals surface area contributed by atoms with Crippen molar-refractivity contribution in [2.75, 3.05) is 0 Å². The molecule has 8 heteroatoms. The quantitative estimate of drug-likeness (QED) is 0.107. The lowest BCUT2D eigenvalue weighted by molar-refractivity contribution is 0.0734. The molecule has 0 unspecified atom stereocenters. The third kappa shape index (κ3) is 5.11. The maximum Gasteiger partial charge on any atom is 0.345 e. The molecular formula is C29H19Cl2N3O3. The van der Waals surface area contributed by atoms with E-state index in [-0.39, 0.29) is 11.3 Å². The first kappa shape index (κ1) is 24.3. The number of carbonyl (C=O) groups is 2. The van der Waals surface area contributed by atoms with Crippen LogP contribution in [0.3, 0.4) is 0 Å². The van der Waals surface area contributed by atoms with Crippen LogP contribution in [-0.2, 0) is 0 Å². The van der Waals surface area contributed by atoms with Gasteiger partial charge in [0.25, 0.3) is 5.91 Å². The Morgan fingerprint density at radius 1 is 0.811 bits per heavy atom. The number of aromatic amines is 1. The predicted molar refractivity (Wildman–Crippen MR) is 147 cm³/mol. The Morgan fingerprint density at radius 2 is 1.51 bits per heavy atom. The van der Waals surface area contributed by atoms with Crippen molar-refractivity contribution in [3.63, 3.8) is 0 Å². The van der Waals surface area contributed by atoms with Crippen molar-refractivity contribution in [2.24, 2.45) is 5.10 Å². The molecule has 182 valence electrons. The molecule has 5 rings (SSSR count). The number of benzene rings is 4. The number of hydrogen-bond donors (Lipinski definition) is 2. The Kier molecular flexibility index (Phi) is 7.03. The van der Waals surface area contributed by atoms with Gasteiger partial charge in [-0.05, 0) is 35.9 Å². The lowest BCUT2D eigenvalue weighted by atomic mass is 10.0. The van der Waals surface area contributed by atoms with Gasteiger partial charge in [0.15, 0.2) is 0 Å². The molecule has 37 heavy (non-hydrogen) atoms. The summed E-state index contributed by atoms with van der Waals surface area (Å²) in [6.07, 6.45) is 1.41. The number of para-hydroxylation sites is 2. The zero-order valence-electron chi connectivity index (χ0n) is 19.2. The highest BCUT2D eigenvalue weighted by atomic mass is 35.5. The molecule has 1 aromatic heterocycles. The Balaban J connectivity index is 1.40. The fourth-order valence-electron chi connectivity index (χ4n) is 3.93. The number of hydrogen-bond acceptors (Lipinski definition) is 4. The third-order valence-electron chi connectivity index (χ3n) is 5.66. The van der Waals surface area contributed by atoms with Crippen LogP contribution in [0.5, 0.6) is 5.75 Å². The number of hydrazone groups is 1. The van der Waals surface area contributed by atoms with E-state index in [1.807, 2.05) is 42.5 Å². The molecule has 0 saturated carbocycles. The first-order chi connectivity index (χ1) is 18.0. The molecule has 0 saturated heterocycles. The summed E-state index contributed by atoms with van der Waals surface area (Å²) in [4.78, 5) is 28.9. The Hall–Kier alpha value is -4.39. The molecule has 4 aromatic carbocycles. The van der Waals surface area contributed by atoms with E-state index >= 15 is 0 Å². The van der Waals surface area contributed by atoms with Crippen LogP contribution in [0.15, 0.2) is 102 Å². The lowest BCUT2D eigenvalue weighted by Gasteiger charge is -2.08. The summed E-state index contributed by atoms with van der Waals surface area (Å²) in [5.41, 5.74) is 5.86. The van der Waals surface area contributed by atoms with Crippen molar-refractivity contribution in [1.82, 2.24) is 10.4 Å². The van der Waals surface area contributed by atoms with Gasteiger partial charge in [0.05, 0.1) is 27.3 Å². The van der Waals surface area contributed by atoms with Gasteiger partial charge >= 0.3 is 5.97 Å². The molecule has 0 spiro atoms. The van der Waals surface area contributed by atoms with E-state index in [0.717, 1.165) is 16.5 Å². The van der Waals surface area contributed by atoms with Crippen molar-refractivity contribution in [2.45, 2.75) is 0 Å².